The van der Waals surface area contributed by atoms with Crippen LogP contribution in [-0.4, -0.2) is 63.9 Å². The standard InChI is InChI=1S/C20H23NO2.C12H15NO.C4H7ClO2.2CH4/c1-22-16-7-3-14(4-8-16)11-21-12-18-19(13-21)20(18)15-5-9-17(23-2)10-6-15;1-14-9-4-2-8(3-5-9)12-10-6-13-7-11(10)12;1-3(5)7-4(2)6;;/h3-10,18-20H,11-13H2,1-2H3;2-5,10-13H,6-7H2,1H3;3H,1-2H3;2*1H4/t18-,19+,20?;10-,11+,12?;;;. The van der Waals surface area contributed by atoms with E-state index in [9.17, 15) is 4.79 Å². The van der Waals surface area contributed by atoms with Gasteiger partial charge in [0.1, 0.15) is 17.2 Å². The van der Waals surface area contributed by atoms with Crippen LogP contribution in [0.3, 0.4) is 0 Å². The average Bonchev–Trinajstić information content (AvgIpc) is 3.74. The van der Waals surface area contributed by atoms with Crippen LogP contribution in [0.25, 0.3) is 0 Å². The molecule has 2 aliphatic heterocycles. The lowest BCUT2D eigenvalue weighted by Gasteiger charge is -2.19. The number of rotatable bonds is 8. The van der Waals surface area contributed by atoms with Crippen molar-refractivity contribution in [2.75, 3.05) is 47.5 Å². The van der Waals surface area contributed by atoms with Crippen molar-refractivity contribution < 1.29 is 23.7 Å². The molecule has 0 bridgehead atoms. The summed E-state index contributed by atoms with van der Waals surface area (Å²) in [7, 11) is 5.14. The number of carbonyl (C=O) groups excluding carboxylic acids is 1. The molecule has 0 amide bonds. The summed E-state index contributed by atoms with van der Waals surface area (Å²) in [6.45, 7) is 8.80. The van der Waals surface area contributed by atoms with Crippen molar-refractivity contribution in [3.8, 4) is 17.2 Å². The Morgan fingerprint density at radius 3 is 1.48 bits per heavy atom. The first-order valence-corrected chi connectivity index (χ1v) is 15.9. The van der Waals surface area contributed by atoms with Crippen LogP contribution in [0, 0.1) is 23.7 Å². The number of fused-ring (bicyclic) bond motifs is 2. The van der Waals surface area contributed by atoms with Crippen LogP contribution in [0.4, 0.5) is 0 Å². The highest BCUT2D eigenvalue weighted by Gasteiger charge is 2.56. The summed E-state index contributed by atoms with van der Waals surface area (Å²) >= 11 is 5.23. The smallest absolute Gasteiger partial charge is 0.304 e. The number of carbonyl (C=O) groups is 1. The molecule has 4 aliphatic rings. The van der Waals surface area contributed by atoms with Gasteiger partial charge < -0.3 is 24.3 Å². The molecule has 252 valence electrons. The lowest BCUT2D eigenvalue weighted by Crippen LogP contribution is -2.23. The molecule has 3 unspecified atom stereocenters. The summed E-state index contributed by atoms with van der Waals surface area (Å²) in [4.78, 5) is 12.5. The van der Waals surface area contributed by atoms with Crippen molar-refractivity contribution in [1.82, 2.24) is 10.2 Å². The molecule has 3 aromatic rings. The first kappa shape index (κ1) is 37.2. The SMILES string of the molecule is C.C.CC(=O)OC(C)Cl.COc1ccc(C2[C@H]3CNC[C@@H]23)cc1.COc1ccc(CN2C[C@@H]3C(c4ccc(OC)cc4)[C@@H]3C2)cc1. The summed E-state index contributed by atoms with van der Waals surface area (Å²) in [6.07, 6.45) is 0. The predicted molar refractivity (Wildman–Crippen MR) is 187 cm³/mol. The number of esters is 1. The third kappa shape index (κ3) is 9.40. The van der Waals surface area contributed by atoms with Crippen LogP contribution >= 0.6 is 11.6 Å². The number of ether oxygens (including phenoxy) is 4. The average molecular weight is 653 g/mol. The maximum atomic E-state index is 9.95. The van der Waals surface area contributed by atoms with E-state index in [4.69, 9.17) is 25.8 Å². The molecule has 2 aliphatic carbocycles. The molecule has 0 aromatic heterocycles. The van der Waals surface area contributed by atoms with Crippen molar-refractivity contribution in [1.29, 1.82) is 0 Å². The number of hydrogen-bond donors (Lipinski definition) is 1. The number of nitrogens with zero attached hydrogens (tertiary/aromatic N) is 1. The largest absolute Gasteiger partial charge is 0.497 e. The number of benzene rings is 3. The van der Waals surface area contributed by atoms with Crippen LogP contribution in [-0.2, 0) is 16.1 Å². The number of hydrogen-bond acceptors (Lipinski definition) is 7. The number of methoxy groups -OCH3 is 3. The highest BCUT2D eigenvalue weighted by Crippen LogP contribution is 2.58. The van der Waals surface area contributed by atoms with Gasteiger partial charge in [0, 0.05) is 26.6 Å². The van der Waals surface area contributed by atoms with Crippen LogP contribution in [0.2, 0.25) is 0 Å². The minimum Gasteiger partial charge on any atom is -0.497 e. The van der Waals surface area contributed by atoms with Crippen molar-refractivity contribution in [3.63, 3.8) is 0 Å². The van der Waals surface area contributed by atoms with Gasteiger partial charge in [0.15, 0.2) is 5.56 Å². The fourth-order valence-corrected chi connectivity index (χ4v) is 7.15. The fraction of sp³-hybridized carbons (Fsp3) is 0.500. The molecule has 0 radical (unpaired) electrons. The van der Waals surface area contributed by atoms with E-state index in [0.29, 0.717) is 0 Å². The second kappa shape index (κ2) is 17.1. The molecule has 0 spiro atoms. The van der Waals surface area contributed by atoms with E-state index in [-0.39, 0.29) is 20.8 Å². The lowest BCUT2D eigenvalue weighted by atomic mass is 10.1. The Labute approximate surface area is 281 Å². The summed E-state index contributed by atoms with van der Waals surface area (Å²) in [6, 6.07) is 25.6. The number of piperidine rings is 2. The Morgan fingerprint density at radius 1 is 0.739 bits per heavy atom. The molecule has 7 atom stereocenters. The molecule has 46 heavy (non-hydrogen) atoms. The molecule has 2 saturated carbocycles. The number of likely N-dealkylation sites (tertiary alicyclic amines) is 1. The second-order valence-electron chi connectivity index (χ2n) is 12.1. The van der Waals surface area contributed by atoms with Gasteiger partial charge in [-0.2, -0.15) is 0 Å². The maximum absolute atomic E-state index is 9.95. The van der Waals surface area contributed by atoms with Gasteiger partial charge in [0.05, 0.1) is 21.3 Å². The zero-order valence-electron chi connectivity index (χ0n) is 26.4. The Balaban J connectivity index is 0.000000214. The van der Waals surface area contributed by atoms with Gasteiger partial charge in [0.25, 0.3) is 0 Å². The number of halogens is 1. The van der Waals surface area contributed by atoms with Crippen LogP contribution in [0.15, 0.2) is 72.8 Å². The highest BCUT2D eigenvalue weighted by atomic mass is 35.5. The van der Waals surface area contributed by atoms with E-state index < -0.39 is 5.56 Å². The Bertz CT molecular complexity index is 1330. The van der Waals surface area contributed by atoms with Crippen molar-refractivity contribution >= 4 is 17.6 Å². The first-order chi connectivity index (χ1) is 21.3. The third-order valence-electron chi connectivity index (χ3n) is 9.26. The topological polar surface area (TPSA) is 69.3 Å². The second-order valence-corrected chi connectivity index (χ2v) is 12.7. The van der Waals surface area contributed by atoms with Gasteiger partial charge in [-0.05, 0) is 109 Å². The third-order valence-corrected chi connectivity index (χ3v) is 9.35. The summed E-state index contributed by atoms with van der Waals surface area (Å²) in [5.74, 6) is 7.55. The molecule has 2 heterocycles. The first-order valence-electron chi connectivity index (χ1n) is 15.5. The molecular weight excluding hydrogens is 600 g/mol. The summed E-state index contributed by atoms with van der Waals surface area (Å²) in [5, 5.41) is 3.42. The van der Waals surface area contributed by atoms with Crippen molar-refractivity contribution in [2.24, 2.45) is 23.7 Å². The molecule has 2 saturated heterocycles. The quantitative estimate of drug-likeness (QED) is 0.199. The van der Waals surface area contributed by atoms with Gasteiger partial charge in [0.2, 0.25) is 0 Å². The number of nitrogens with one attached hydrogen (secondary N) is 1. The van der Waals surface area contributed by atoms with Crippen molar-refractivity contribution in [2.45, 2.75) is 52.6 Å². The molecule has 4 fully saturated rings. The number of alkyl halides is 1. The molecule has 8 heteroatoms. The van der Waals surface area contributed by atoms with E-state index >= 15 is 0 Å². The predicted octanol–water partition coefficient (Wildman–Crippen LogP) is 7.58. The van der Waals surface area contributed by atoms with Gasteiger partial charge in [-0.3, -0.25) is 9.69 Å². The molecule has 7 rings (SSSR count). The van der Waals surface area contributed by atoms with Crippen LogP contribution in [0.1, 0.15) is 57.2 Å². The minimum atomic E-state index is -0.502. The monoisotopic (exact) mass is 652 g/mol. The van der Waals surface area contributed by atoms with Crippen LogP contribution in [0.5, 0.6) is 17.2 Å². The van der Waals surface area contributed by atoms with E-state index in [2.05, 4.69) is 75.6 Å². The normalized spacial score (nSPS) is 25.3. The van der Waals surface area contributed by atoms with E-state index in [0.717, 1.165) is 59.3 Å². The van der Waals surface area contributed by atoms with E-state index in [1.807, 2.05) is 12.1 Å². The van der Waals surface area contributed by atoms with E-state index in [1.54, 1.807) is 28.3 Å². The van der Waals surface area contributed by atoms with Gasteiger partial charge in [-0.1, -0.05) is 62.9 Å². The molecule has 7 nitrogen and oxygen atoms in total. The van der Waals surface area contributed by atoms with Crippen LogP contribution < -0.4 is 19.5 Å². The van der Waals surface area contributed by atoms with E-state index in [1.165, 1.54) is 49.8 Å². The van der Waals surface area contributed by atoms with Crippen molar-refractivity contribution in [3.05, 3.63) is 89.5 Å². The van der Waals surface area contributed by atoms with Gasteiger partial charge in [-0.25, -0.2) is 0 Å². The minimum absolute atomic E-state index is 0. The summed E-state index contributed by atoms with van der Waals surface area (Å²) < 4.78 is 20.0. The van der Waals surface area contributed by atoms with Gasteiger partial charge in [-0.15, -0.1) is 0 Å². The maximum Gasteiger partial charge on any atom is 0.304 e. The highest BCUT2D eigenvalue weighted by molar-refractivity contribution is 6.19. The Hall–Kier alpha value is -3.26. The summed E-state index contributed by atoms with van der Waals surface area (Å²) in [5.41, 5.74) is 3.83. The Kier molecular flexibility index (Phi) is 13.8. The van der Waals surface area contributed by atoms with Gasteiger partial charge >= 0.3 is 5.97 Å². The molecular formula is C38H53ClN2O5. The fourth-order valence-electron chi connectivity index (χ4n) is 7.02. The zero-order valence-corrected chi connectivity index (χ0v) is 27.1. The molecule has 1 N–H and O–H groups in total. The molecule has 3 aromatic carbocycles. The lowest BCUT2D eigenvalue weighted by molar-refractivity contribution is -0.142. The Morgan fingerprint density at radius 2 is 1.13 bits per heavy atom. The zero-order chi connectivity index (χ0) is 31.2.